The number of aromatic nitrogens is 1. The number of nitrogens with zero attached hydrogens (tertiary/aromatic N) is 1. The van der Waals surface area contributed by atoms with Crippen molar-refractivity contribution in [3.05, 3.63) is 71.2 Å². The van der Waals surface area contributed by atoms with Gasteiger partial charge in [0, 0.05) is 36.0 Å². The van der Waals surface area contributed by atoms with Gasteiger partial charge in [0.15, 0.2) is 11.5 Å². The van der Waals surface area contributed by atoms with Crippen molar-refractivity contribution in [1.82, 2.24) is 4.98 Å². The fourth-order valence-electron chi connectivity index (χ4n) is 2.99. The van der Waals surface area contributed by atoms with Crippen LogP contribution in [0.5, 0.6) is 11.5 Å². The molecule has 150 valence electrons. The predicted octanol–water partition coefficient (Wildman–Crippen LogP) is 5.41. The van der Waals surface area contributed by atoms with Crippen LogP contribution in [0.25, 0.3) is 11.1 Å². The average molecular weight is 408 g/mol. The Bertz CT molecular complexity index is 1060. The highest BCUT2D eigenvalue weighted by atomic mass is 19.3. The number of aryl methyl sites for hydroxylation is 1. The lowest BCUT2D eigenvalue weighted by molar-refractivity contribution is -0.286. The molecule has 0 aliphatic carbocycles. The van der Waals surface area contributed by atoms with E-state index in [0.29, 0.717) is 34.6 Å². The third-order valence-electron chi connectivity index (χ3n) is 4.37. The SMILES string of the molecule is Cc1cc2c(cc1-c1ccc(NCc3c(F)cc(F)cc3F)nc1)OC(F)(F)O2. The number of hydrogen-bond acceptors (Lipinski definition) is 4. The fraction of sp³-hybridized carbons (Fsp3) is 0.150. The summed E-state index contributed by atoms with van der Waals surface area (Å²) in [6.45, 7) is 1.49. The lowest BCUT2D eigenvalue weighted by Gasteiger charge is -2.10. The van der Waals surface area contributed by atoms with Crippen molar-refractivity contribution in [2.24, 2.45) is 0 Å². The summed E-state index contributed by atoms with van der Waals surface area (Å²) in [5, 5.41) is 2.75. The van der Waals surface area contributed by atoms with Gasteiger partial charge in [-0.05, 0) is 42.3 Å². The summed E-state index contributed by atoms with van der Waals surface area (Å²) >= 11 is 0. The molecule has 0 spiro atoms. The van der Waals surface area contributed by atoms with Crippen molar-refractivity contribution in [2.45, 2.75) is 19.8 Å². The minimum atomic E-state index is -3.70. The Morgan fingerprint density at radius 2 is 1.62 bits per heavy atom. The first kappa shape index (κ1) is 19.0. The molecule has 0 saturated carbocycles. The number of pyridine rings is 1. The van der Waals surface area contributed by atoms with Gasteiger partial charge in [-0.2, -0.15) is 0 Å². The van der Waals surface area contributed by atoms with Crippen LogP contribution in [0.1, 0.15) is 11.1 Å². The first-order chi connectivity index (χ1) is 13.7. The summed E-state index contributed by atoms with van der Waals surface area (Å²) < 4.78 is 75.7. The van der Waals surface area contributed by atoms with Gasteiger partial charge in [0.05, 0.1) is 0 Å². The fourth-order valence-corrected chi connectivity index (χ4v) is 2.99. The van der Waals surface area contributed by atoms with Crippen LogP contribution in [0.4, 0.5) is 27.8 Å². The van der Waals surface area contributed by atoms with E-state index in [1.54, 1.807) is 19.1 Å². The largest absolute Gasteiger partial charge is 0.586 e. The molecular weight excluding hydrogens is 395 g/mol. The number of rotatable bonds is 4. The maximum atomic E-state index is 13.7. The molecule has 2 aromatic carbocycles. The van der Waals surface area contributed by atoms with E-state index >= 15 is 0 Å². The maximum absolute atomic E-state index is 13.7. The topological polar surface area (TPSA) is 43.4 Å². The molecule has 0 atom stereocenters. The summed E-state index contributed by atoms with van der Waals surface area (Å²) in [4.78, 5) is 4.16. The third-order valence-corrected chi connectivity index (χ3v) is 4.37. The van der Waals surface area contributed by atoms with E-state index in [2.05, 4.69) is 19.8 Å². The molecule has 1 aromatic heterocycles. The lowest BCUT2D eigenvalue weighted by atomic mass is 10.0. The quantitative estimate of drug-likeness (QED) is 0.587. The molecule has 0 bridgehead atoms. The van der Waals surface area contributed by atoms with Crippen molar-refractivity contribution in [3.8, 4) is 22.6 Å². The average Bonchev–Trinajstić information content (AvgIpc) is 2.93. The number of ether oxygens (including phenoxy) is 2. The van der Waals surface area contributed by atoms with Gasteiger partial charge >= 0.3 is 6.29 Å². The van der Waals surface area contributed by atoms with Crippen molar-refractivity contribution >= 4 is 5.82 Å². The van der Waals surface area contributed by atoms with E-state index < -0.39 is 23.7 Å². The number of alkyl halides is 2. The molecule has 1 N–H and O–H groups in total. The summed E-state index contributed by atoms with van der Waals surface area (Å²) in [5.74, 6) is -2.81. The smallest absolute Gasteiger partial charge is 0.395 e. The number of anilines is 1. The zero-order valence-corrected chi connectivity index (χ0v) is 14.9. The normalized spacial score (nSPS) is 14.1. The summed E-state index contributed by atoms with van der Waals surface area (Å²) in [7, 11) is 0. The van der Waals surface area contributed by atoms with Crippen LogP contribution in [0, 0.1) is 24.4 Å². The maximum Gasteiger partial charge on any atom is 0.586 e. The highest BCUT2D eigenvalue weighted by molar-refractivity contribution is 5.71. The molecule has 0 unspecified atom stereocenters. The van der Waals surface area contributed by atoms with Gasteiger partial charge in [-0.1, -0.05) is 0 Å². The molecule has 3 aromatic rings. The highest BCUT2D eigenvalue weighted by Crippen LogP contribution is 2.44. The van der Waals surface area contributed by atoms with Crippen molar-refractivity contribution in [3.63, 3.8) is 0 Å². The molecule has 0 fully saturated rings. The third kappa shape index (κ3) is 3.80. The van der Waals surface area contributed by atoms with Gasteiger partial charge in [-0.25, -0.2) is 18.2 Å². The van der Waals surface area contributed by atoms with Gasteiger partial charge in [0.25, 0.3) is 0 Å². The van der Waals surface area contributed by atoms with Crippen molar-refractivity contribution in [1.29, 1.82) is 0 Å². The first-order valence-corrected chi connectivity index (χ1v) is 8.46. The van der Waals surface area contributed by atoms with Gasteiger partial charge in [-0.15, -0.1) is 8.78 Å². The molecule has 4 nitrogen and oxygen atoms in total. The minimum Gasteiger partial charge on any atom is -0.395 e. The van der Waals surface area contributed by atoms with Crippen LogP contribution >= 0.6 is 0 Å². The standard InChI is InChI=1S/C20H13F5N2O2/c1-10-4-17-18(29-20(24,25)28-17)7-13(10)11-2-3-19(26-8-11)27-9-14-15(22)5-12(21)6-16(14)23/h2-8H,9H2,1H3,(H,26,27). The van der Waals surface area contributed by atoms with E-state index in [9.17, 15) is 22.0 Å². The van der Waals surface area contributed by atoms with Crippen LogP contribution in [0.2, 0.25) is 0 Å². The molecule has 4 rings (SSSR count). The molecule has 9 heteroatoms. The van der Waals surface area contributed by atoms with Crippen LogP contribution in [-0.2, 0) is 6.54 Å². The second-order valence-corrected chi connectivity index (χ2v) is 6.42. The molecular formula is C20H13F5N2O2. The monoisotopic (exact) mass is 408 g/mol. The van der Waals surface area contributed by atoms with Crippen LogP contribution < -0.4 is 14.8 Å². The van der Waals surface area contributed by atoms with Gasteiger partial charge < -0.3 is 14.8 Å². The van der Waals surface area contributed by atoms with Gasteiger partial charge in [0.2, 0.25) is 0 Å². The minimum absolute atomic E-state index is 0.0501. The second-order valence-electron chi connectivity index (χ2n) is 6.42. The van der Waals surface area contributed by atoms with Crippen molar-refractivity contribution in [2.75, 3.05) is 5.32 Å². The highest BCUT2D eigenvalue weighted by Gasteiger charge is 2.43. The van der Waals surface area contributed by atoms with E-state index in [0.717, 1.165) is 0 Å². The van der Waals surface area contributed by atoms with E-state index in [-0.39, 0.29) is 23.6 Å². The Labute approximate surface area is 161 Å². The molecule has 29 heavy (non-hydrogen) atoms. The molecule has 0 amide bonds. The second kappa shape index (κ2) is 6.91. The van der Waals surface area contributed by atoms with Crippen LogP contribution in [0.15, 0.2) is 42.6 Å². The number of halogens is 5. The van der Waals surface area contributed by atoms with E-state index in [4.69, 9.17) is 0 Å². The Balaban J connectivity index is 1.52. The number of fused-ring (bicyclic) bond motifs is 1. The first-order valence-electron chi connectivity index (χ1n) is 8.46. The van der Waals surface area contributed by atoms with Crippen LogP contribution in [-0.4, -0.2) is 11.3 Å². The Hall–Kier alpha value is -3.36. The van der Waals surface area contributed by atoms with Crippen molar-refractivity contribution < 1.29 is 31.4 Å². The molecule has 2 heterocycles. The summed E-state index contributed by atoms with van der Waals surface area (Å²) in [6, 6.07) is 7.30. The Morgan fingerprint density at radius 3 is 2.24 bits per heavy atom. The molecule has 1 aliphatic rings. The Morgan fingerprint density at radius 1 is 0.966 bits per heavy atom. The van der Waals surface area contributed by atoms with Crippen LogP contribution in [0.3, 0.4) is 0 Å². The number of nitrogens with one attached hydrogen (secondary N) is 1. The van der Waals surface area contributed by atoms with E-state index in [1.165, 1.54) is 18.3 Å². The molecule has 1 aliphatic heterocycles. The van der Waals surface area contributed by atoms with E-state index in [1.807, 2.05) is 0 Å². The van der Waals surface area contributed by atoms with Gasteiger partial charge in [0.1, 0.15) is 23.3 Å². The summed E-state index contributed by atoms with van der Waals surface area (Å²) in [5.41, 5.74) is 1.58. The zero-order chi connectivity index (χ0) is 20.8. The molecule has 0 radical (unpaired) electrons. The molecule has 0 saturated heterocycles. The zero-order valence-electron chi connectivity index (χ0n) is 14.9. The van der Waals surface area contributed by atoms with Gasteiger partial charge in [-0.3, -0.25) is 0 Å². The Kier molecular flexibility index (Phi) is 4.52. The predicted molar refractivity (Wildman–Crippen MR) is 94.3 cm³/mol. The lowest BCUT2D eigenvalue weighted by Crippen LogP contribution is -2.25. The number of benzene rings is 2. The number of hydrogen-bond donors (Lipinski definition) is 1. The summed E-state index contributed by atoms with van der Waals surface area (Å²) in [6.07, 6.45) is -2.23.